The normalized spacial score (nSPS) is 15.5. The third-order valence-electron chi connectivity index (χ3n) is 4.08. The minimum atomic E-state index is 0.0619. The van der Waals surface area contributed by atoms with Crippen molar-refractivity contribution < 1.29 is 9.53 Å². The molecular weight excluding hydrogens is 367 g/mol. The van der Waals surface area contributed by atoms with Gasteiger partial charge in [-0.3, -0.25) is 9.69 Å². The van der Waals surface area contributed by atoms with E-state index in [4.69, 9.17) is 27.9 Å². The first-order valence-electron chi connectivity index (χ1n) is 7.66. The molecule has 0 spiro atoms. The van der Waals surface area contributed by atoms with Crippen LogP contribution in [0.25, 0.3) is 0 Å². The number of thiophene rings is 1. The van der Waals surface area contributed by atoms with Gasteiger partial charge in [0.2, 0.25) is 0 Å². The monoisotopic (exact) mass is 384 g/mol. The van der Waals surface area contributed by atoms with Crippen molar-refractivity contribution in [2.75, 3.05) is 33.3 Å². The predicted octanol–water partition coefficient (Wildman–Crippen LogP) is 4.02. The van der Waals surface area contributed by atoms with Crippen LogP contribution in [0, 0.1) is 0 Å². The molecule has 7 heteroatoms. The first kappa shape index (κ1) is 17.5. The fourth-order valence-electron chi connectivity index (χ4n) is 2.81. The number of benzene rings is 1. The Balaban J connectivity index is 1.59. The zero-order valence-corrected chi connectivity index (χ0v) is 15.6. The third kappa shape index (κ3) is 4.03. The van der Waals surface area contributed by atoms with Crippen LogP contribution in [0.3, 0.4) is 0 Å². The maximum atomic E-state index is 12.4. The average Bonchev–Trinajstić information content (AvgIpc) is 3.02. The minimum Gasteiger partial charge on any atom is -0.496 e. The van der Waals surface area contributed by atoms with E-state index in [1.807, 2.05) is 23.1 Å². The summed E-state index contributed by atoms with van der Waals surface area (Å²) in [7, 11) is 1.66. The molecule has 24 heavy (non-hydrogen) atoms. The maximum absolute atomic E-state index is 12.4. The van der Waals surface area contributed by atoms with Gasteiger partial charge >= 0.3 is 0 Å². The van der Waals surface area contributed by atoms with E-state index >= 15 is 0 Å². The largest absolute Gasteiger partial charge is 0.496 e. The molecule has 1 saturated heterocycles. The maximum Gasteiger partial charge on any atom is 0.264 e. The van der Waals surface area contributed by atoms with E-state index in [9.17, 15) is 4.79 Å². The number of hydrogen-bond donors (Lipinski definition) is 0. The molecule has 0 saturated carbocycles. The lowest BCUT2D eigenvalue weighted by Gasteiger charge is -2.34. The van der Waals surface area contributed by atoms with Crippen molar-refractivity contribution in [3.63, 3.8) is 0 Å². The highest BCUT2D eigenvalue weighted by molar-refractivity contribution is 7.17. The quantitative estimate of drug-likeness (QED) is 0.797. The van der Waals surface area contributed by atoms with Crippen LogP contribution in [0.1, 0.15) is 15.2 Å². The molecule has 1 aromatic heterocycles. The van der Waals surface area contributed by atoms with Gasteiger partial charge in [0.25, 0.3) is 5.91 Å². The lowest BCUT2D eigenvalue weighted by atomic mass is 10.1. The standard InChI is InChI=1S/C17H18Cl2N2O2S/c1-23-14-3-2-13(18)10-12(14)11-20-6-8-21(9-7-20)17(22)15-4-5-16(19)24-15/h2-5,10H,6-9,11H2,1H3. The summed E-state index contributed by atoms with van der Waals surface area (Å²) in [5, 5.41) is 0.703. The molecule has 3 rings (SSSR count). The van der Waals surface area contributed by atoms with Crippen LogP contribution in [0.5, 0.6) is 5.75 Å². The Morgan fingerprint density at radius 2 is 1.92 bits per heavy atom. The molecule has 1 amide bonds. The highest BCUT2D eigenvalue weighted by Gasteiger charge is 2.23. The second-order valence-corrected chi connectivity index (χ2v) is 7.78. The molecule has 128 valence electrons. The van der Waals surface area contributed by atoms with Crippen LogP contribution >= 0.6 is 34.5 Å². The molecular formula is C17H18Cl2N2O2S. The molecule has 0 bridgehead atoms. The molecule has 0 atom stereocenters. The molecule has 1 aliphatic rings. The van der Waals surface area contributed by atoms with Crippen LogP contribution in [-0.2, 0) is 6.54 Å². The molecule has 2 heterocycles. The van der Waals surface area contributed by atoms with Gasteiger partial charge in [-0.1, -0.05) is 23.2 Å². The van der Waals surface area contributed by atoms with Crippen molar-refractivity contribution in [2.24, 2.45) is 0 Å². The molecule has 0 aliphatic carbocycles. The Hall–Kier alpha value is -1.27. The molecule has 0 N–H and O–H groups in total. The topological polar surface area (TPSA) is 32.8 Å². The van der Waals surface area contributed by atoms with Crippen LogP contribution < -0.4 is 4.74 Å². The molecule has 4 nitrogen and oxygen atoms in total. The van der Waals surface area contributed by atoms with Crippen molar-refractivity contribution in [3.05, 3.63) is 50.1 Å². The molecule has 0 unspecified atom stereocenters. The SMILES string of the molecule is COc1ccc(Cl)cc1CN1CCN(C(=O)c2ccc(Cl)s2)CC1. The molecule has 1 aromatic carbocycles. The predicted molar refractivity (Wildman–Crippen MR) is 98.5 cm³/mol. The summed E-state index contributed by atoms with van der Waals surface area (Å²) in [4.78, 5) is 17.3. The van der Waals surface area contributed by atoms with Gasteiger partial charge in [-0.2, -0.15) is 0 Å². The fraction of sp³-hybridized carbons (Fsp3) is 0.353. The number of methoxy groups -OCH3 is 1. The van der Waals surface area contributed by atoms with E-state index in [0.29, 0.717) is 27.3 Å². The number of ether oxygens (including phenoxy) is 1. The lowest BCUT2D eigenvalue weighted by Crippen LogP contribution is -2.48. The van der Waals surface area contributed by atoms with E-state index in [1.165, 1.54) is 11.3 Å². The number of nitrogens with zero attached hydrogens (tertiary/aromatic N) is 2. The van der Waals surface area contributed by atoms with Gasteiger partial charge in [0.05, 0.1) is 16.3 Å². The first-order valence-corrected chi connectivity index (χ1v) is 9.23. The highest BCUT2D eigenvalue weighted by Crippen LogP contribution is 2.26. The average molecular weight is 385 g/mol. The number of halogens is 2. The van der Waals surface area contributed by atoms with Gasteiger partial charge in [-0.05, 0) is 30.3 Å². The van der Waals surface area contributed by atoms with Crippen LogP contribution in [-0.4, -0.2) is 49.0 Å². The van der Waals surface area contributed by atoms with Gasteiger partial charge in [0, 0.05) is 43.3 Å². The van der Waals surface area contributed by atoms with Gasteiger partial charge in [0.1, 0.15) is 5.75 Å². The lowest BCUT2D eigenvalue weighted by molar-refractivity contribution is 0.0632. The van der Waals surface area contributed by atoms with Crippen molar-refractivity contribution in [3.8, 4) is 5.75 Å². The van der Waals surface area contributed by atoms with Crippen molar-refractivity contribution in [1.29, 1.82) is 0 Å². The summed E-state index contributed by atoms with van der Waals surface area (Å²) in [5.41, 5.74) is 1.06. The van der Waals surface area contributed by atoms with E-state index in [1.54, 1.807) is 19.2 Å². The Morgan fingerprint density at radius 1 is 1.17 bits per heavy atom. The van der Waals surface area contributed by atoms with Gasteiger partial charge in [-0.15, -0.1) is 11.3 Å². The fourth-order valence-corrected chi connectivity index (χ4v) is 4.01. The molecule has 1 fully saturated rings. The van der Waals surface area contributed by atoms with E-state index in [2.05, 4.69) is 4.90 Å². The Labute approximate surface area is 155 Å². The number of carbonyl (C=O) groups is 1. The van der Waals surface area contributed by atoms with Gasteiger partial charge in [0.15, 0.2) is 0 Å². The number of amides is 1. The Bertz CT molecular complexity index is 727. The van der Waals surface area contributed by atoms with Crippen LogP contribution in [0.15, 0.2) is 30.3 Å². The van der Waals surface area contributed by atoms with Crippen molar-refractivity contribution in [1.82, 2.24) is 9.80 Å². The highest BCUT2D eigenvalue weighted by atomic mass is 35.5. The third-order valence-corrected chi connectivity index (χ3v) is 5.53. The Kier molecular flexibility index (Phi) is 5.66. The number of hydrogen-bond acceptors (Lipinski definition) is 4. The number of carbonyl (C=O) groups excluding carboxylic acids is 1. The molecule has 2 aromatic rings. The van der Waals surface area contributed by atoms with Gasteiger partial charge < -0.3 is 9.64 Å². The number of rotatable bonds is 4. The van der Waals surface area contributed by atoms with Crippen LogP contribution in [0.4, 0.5) is 0 Å². The van der Waals surface area contributed by atoms with E-state index in [-0.39, 0.29) is 5.91 Å². The van der Waals surface area contributed by atoms with E-state index < -0.39 is 0 Å². The second kappa shape index (κ2) is 7.74. The second-order valence-electron chi connectivity index (χ2n) is 5.63. The van der Waals surface area contributed by atoms with Crippen molar-refractivity contribution >= 4 is 40.4 Å². The summed E-state index contributed by atoms with van der Waals surface area (Å²) >= 11 is 13.3. The summed E-state index contributed by atoms with van der Waals surface area (Å²) in [6.45, 7) is 3.81. The van der Waals surface area contributed by atoms with Gasteiger partial charge in [-0.25, -0.2) is 0 Å². The number of piperazine rings is 1. The summed E-state index contributed by atoms with van der Waals surface area (Å²) in [6, 6.07) is 9.20. The van der Waals surface area contributed by atoms with Crippen molar-refractivity contribution in [2.45, 2.75) is 6.54 Å². The zero-order chi connectivity index (χ0) is 17.1. The minimum absolute atomic E-state index is 0.0619. The summed E-state index contributed by atoms with van der Waals surface area (Å²) in [5.74, 6) is 0.901. The summed E-state index contributed by atoms with van der Waals surface area (Å²) < 4.78 is 6.04. The van der Waals surface area contributed by atoms with E-state index in [0.717, 1.165) is 30.9 Å². The molecule has 1 aliphatic heterocycles. The summed E-state index contributed by atoms with van der Waals surface area (Å²) in [6.07, 6.45) is 0. The molecule has 0 radical (unpaired) electrons. The Morgan fingerprint density at radius 3 is 2.54 bits per heavy atom. The first-order chi connectivity index (χ1) is 11.6. The smallest absolute Gasteiger partial charge is 0.264 e. The zero-order valence-electron chi connectivity index (χ0n) is 13.3. The van der Waals surface area contributed by atoms with Crippen LogP contribution in [0.2, 0.25) is 9.36 Å².